The van der Waals surface area contributed by atoms with Gasteiger partial charge in [0.25, 0.3) is 11.8 Å². The van der Waals surface area contributed by atoms with Crippen molar-refractivity contribution in [2.75, 3.05) is 69.8 Å². The number of anilines is 2. The Morgan fingerprint density at radius 3 is 2.41 bits per heavy atom. The van der Waals surface area contributed by atoms with E-state index in [0.29, 0.717) is 54.4 Å². The molecular formula is C30H37N5O4S2. The van der Waals surface area contributed by atoms with Gasteiger partial charge in [-0.15, -0.1) is 0 Å². The van der Waals surface area contributed by atoms with Crippen LogP contribution in [0.2, 0.25) is 0 Å². The zero-order valence-corrected chi connectivity index (χ0v) is 25.6. The molecule has 11 heteroatoms. The third-order valence-corrected chi connectivity index (χ3v) is 9.65. The Labute approximate surface area is 249 Å². The van der Waals surface area contributed by atoms with Crippen LogP contribution in [0.5, 0.6) is 5.75 Å². The molecule has 41 heavy (non-hydrogen) atoms. The number of piperazine rings is 1. The maximum Gasteiger partial charge on any atom is 0.257 e. The van der Waals surface area contributed by atoms with Crippen molar-refractivity contribution in [2.24, 2.45) is 0 Å². The van der Waals surface area contributed by atoms with Crippen molar-refractivity contribution < 1.29 is 19.1 Å². The molecule has 2 aromatic carbocycles. The highest BCUT2D eigenvalue weighted by Gasteiger charge is 2.24. The third-order valence-electron chi connectivity index (χ3n) is 7.48. The average molecular weight is 596 g/mol. The number of benzene rings is 2. The van der Waals surface area contributed by atoms with Crippen molar-refractivity contribution in [1.82, 2.24) is 14.8 Å². The molecule has 2 aliphatic rings. The maximum absolute atomic E-state index is 13.2. The second-order valence-electron chi connectivity index (χ2n) is 10.4. The largest absolute Gasteiger partial charge is 0.496 e. The van der Waals surface area contributed by atoms with Crippen LogP contribution in [-0.4, -0.2) is 92.2 Å². The number of hydrogen-bond acceptors (Lipinski definition) is 9. The summed E-state index contributed by atoms with van der Waals surface area (Å²) in [6, 6.07) is 12.1. The summed E-state index contributed by atoms with van der Waals surface area (Å²) in [7, 11) is 1.58. The lowest BCUT2D eigenvalue weighted by molar-refractivity contribution is 0.0300. The van der Waals surface area contributed by atoms with Crippen LogP contribution in [0.3, 0.4) is 0 Å². The van der Waals surface area contributed by atoms with Gasteiger partial charge in [0.05, 0.1) is 36.3 Å². The normalized spacial score (nSPS) is 16.2. The van der Waals surface area contributed by atoms with Crippen LogP contribution in [0, 0.1) is 6.92 Å². The molecule has 0 unspecified atom stereocenters. The number of hydrogen-bond donors (Lipinski definition) is 1. The van der Waals surface area contributed by atoms with E-state index in [1.54, 1.807) is 18.2 Å². The number of carbonyl (C=O) groups is 2. The monoisotopic (exact) mass is 595 g/mol. The van der Waals surface area contributed by atoms with Gasteiger partial charge in [0.2, 0.25) is 0 Å². The van der Waals surface area contributed by atoms with E-state index in [9.17, 15) is 9.59 Å². The zero-order valence-electron chi connectivity index (χ0n) is 24.0. The van der Waals surface area contributed by atoms with Crippen molar-refractivity contribution in [3.63, 3.8) is 0 Å². The summed E-state index contributed by atoms with van der Waals surface area (Å²) in [5, 5.41) is 3.46. The summed E-state index contributed by atoms with van der Waals surface area (Å²) in [5.74, 6) is 0.309. The highest BCUT2D eigenvalue weighted by molar-refractivity contribution is 8.01. The predicted molar refractivity (Wildman–Crippen MR) is 164 cm³/mol. The van der Waals surface area contributed by atoms with E-state index in [0.717, 1.165) is 46.5 Å². The van der Waals surface area contributed by atoms with Crippen molar-refractivity contribution >= 4 is 45.7 Å². The second-order valence-corrected chi connectivity index (χ2v) is 12.8. The first-order chi connectivity index (χ1) is 19.8. The number of thiazole rings is 1. The molecule has 9 nitrogen and oxygen atoms in total. The van der Waals surface area contributed by atoms with Crippen molar-refractivity contribution in [3.8, 4) is 5.75 Å². The number of nitrogens with zero attached hydrogens (tertiary/aromatic N) is 4. The Balaban J connectivity index is 1.22. The Morgan fingerprint density at radius 1 is 1.05 bits per heavy atom. The van der Waals surface area contributed by atoms with E-state index >= 15 is 0 Å². The number of aryl methyl sites for hydroxylation is 1. The van der Waals surface area contributed by atoms with Crippen LogP contribution >= 0.6 is 23.1 Å². The molecule has 2 saturated heterocycles. The lowest BCUT2D eigenvalue weighted by atomic mass is 10.1. The fourth-order valence-electron chi connectivity index (χ4n) is 5.01. The molecular weight excluding hydrogens is 558 g/mol. The number of ether oxygens (including phenoxy) is 2. The summed E-state index contributed by atoms with van der Waals surface area (Å²) in [6.07, 6.45) is 1.75. The Bertz CT molecular complexity index is 1360. The quantitative estimate of drug-likeness (QED) is 0.395. The summed E-state index contributed by atoms with van der Waals surface area (Å²) < 4.78 is 11.8. The summed E-state index contributed by atoms with van der Waals surface area (Å²) >= 11 is 2.92. The summed E-state index contributed by atoms with van der Waals surface area (Å²) in [6.45, 7) is 12.7. The molecule has 3 heterocycles. The van der Waals surface area contributed by atoms with Gasteiger partial charge in [-0.3, -0.25) is 19.8 Å². The number of aromatic nitrogens is 1. The molecule has 1 N–H and O–H groups in total. The van der Waals surface area contributed by atoms with E-state index in [1.165, 1.54) is 23.1 Å². The molecule has 0 radical (unpaired) electrons. The molecule has 0 saturated carbocycles. The number of nitrogens with one attached hydrogen (secondary N) is 1. The third kappa shape index (κ3) is 7.03. The summed E-state index contributed by atoms with van der Waals surface area (Å²) in [5.41, 5.74) is 3.26. The minimum Gasteiger partial charge on any atom is -0.496 e. The number of morpholine rings is 1. The molecule has 0 aliphatic carbocycles. The Morgan fingerprint density at radius 2 is 1.76 bits per heavy atom. The van der Waals surface area contributed by atoms with Crippen LogP contribution in [0.1, 0.15) is 40.1 Å². The molecule has 1 aromatic heterocycles. The number of carbonyl (C=O) groups excluding carboxylic acids is 2. The van der Waals surface area contributed by atoms with Crippen LogP contribution in [0.4, 0.5) is 10.8 Å². The topological polar surface area (TPSA) is 87.2 Å². The van der Waals surface area contributed by atoms with Gasteiger partial charge >= 0.3 is 0 Å². The molecule has 2 amide bonds. The molecule has 2 aliphatic heterocycles. The van der Waals surface area contributed by atoms with Gasteiger partial charge in [-0.1, -0.05) is 23.1 Å². The van der Waals surface area contributed by atoms with Gasteiger partial charge in [-0.05, 0) is 62.7 Å². The molecule has 0 bridgehead atoms. The fraction of sp³-hybridized carbons (Fsp3) is 0.433. The van der Waals surface area contributed by atoms with Crippen LogP contribution in [-0.2, 0) is 4.74 Å². The second kappa shape index (κ2) is 13.2. The molecule has 218 valence electrons. The fourth-order valence-corrected chi connectivity index (χ4v) is 6.94. The SMILES string of the molecule is COc1cc(C)c(Sc2cnc(NC(=O)c3ccc(N4CCN(C(C)C)CC4)cc3)s2)cc1C(=O)N1CCOCC1. The van der Waals surface area contributed by atoms with Crippen LogP contribution in [0.25, 0.3) is 0 Å². The summed E-state index contributed by atoms with van der Waals surface area (Å²) in [4.78, 5) is 38.2. The van der Waals surface area contributed by atoms with Gasteiger partial charge in [0.1, 0.15) is 5.75 Å². The Kier molecular flexibility index (Phi) is 9.49. The van der Waals surface area contributed by atoms with E-state index in [4.69, 9.17) is 9.47 Å². The first-order valence-electron chi connectivity index (χ1n) is 13.9. The first kappa shape index (κ1) is 29.4. The number of amides is 2. The maximum atomic E-state index is 13.2. The lowest BCUT2D eigenvalue weighted by Gasteiger charge is -2.38. The van der Waals surface area contributed by atoms with Gasteiger partial charge in [-0.2, -0.15) is 0 Å². The lowest BCUT2D eigenvalue weighted by Crippen LogP contribution is -2.48. The van der Waals surface area contributed by atoms with Gasteiger partial charge in [-0.25, -0.2) is 4.98 Å². The van der Waals surface area contributed by atoms with Gasteiger partial charge < -0.3 is 19.3 Å². The van der Waals surface area contributed by atoms with Crippen LogP contribution in [0.15, 0.2) is 51.7 Å². The molecule has 0 atom stereocenters. The standard InChI is InChI=1S/C30H37N5O4S2/c1-20(2)33-9-11-34(12-10-33)23-7-5-22(6-8-23)28(36)32-30-31-19-27(41-30)40-26-18-24(25(38-4)17-21(26)3)29(37)35-13-15-39-16-14-35/h5-8,17-20H,9-16H2,1-4H3,(H,31,32,36). The van der Waals surface area contributed by atoms with Crippen molar-refractivity contribution in [3.05, 3.63) is 59.3 Å². The minimum absolute atomic E-state index is 0.0620. The van der Waals surface area contributed by atoms with E-state index in [1.807, 2.05) is 43.3 Å². The predicted octanol–water partition coefficient (Wildman–Crippen LogP) is 4.87. The van der Waals surface area contributed by atoms with Gasteiger partial charge in [0.15, 0.2) is 5.13 Å². The first-order valence-corrected chi connectivity index (χ1v) is 15.6. The minimum atomic E-state index is -0.189. The number of methoxy groups -OCH3 is 1. The highest BCUT2D eigenvalue weighted by atomic mass is 32.2. The highest BCUT2D eigenvalue weighted by Crippen LogP contribution is 2.38. The van der Waals surface area contributed by atoms with E-state index < -0.39 is 0 Å². The average Bonchev–Trinajstić information content (AvgIpc) is 3.44. The Hall–Kier alpha value is -3.12. The van der Waals surface area contributed by atoms with E-state index in [2.05, 4.69) is 33.9 Å². The van der Waals surface area contributed by atoms with Crippen LogP contribution < -0.4 is 15.0 Å². The molecule has 3 aromatic rings. The van der Waals surface area contributed by atoms with Crippen molar-refractivity contribution in [1.29, 1.82) is 0 Å². The number of rotatable bonds is 8. The molecule has 2 fully saturated rings. The van der Waals surface area contributed by atoms with Crippen molar-refractivity contribution in [2.45, 2.75) is 35.9 Å². The van der Waals surface area contributed by atoms with E-state index in [-0.39, 0.29) is 11.8 Å². The molecule has 0 spiro atoms. The molecule has 5 rings (SSSR count). The smallest absolute Gasteiger partial charge is 0.257 e. The zero-order chi connectivity index (χ0) is 28.9. The van der Waals surface area contributed by atoms with Gasteiger partial charge in [0, 0.05) is 61.5 Å².